The fourth-order valence-corrected chi connectivity index (χ4v) is 7.10. The van der Waals surface area contributed by atoms with Gasteiger partial charge < -0.3 is 19.7 Å². The van der Waals surface area contributed by atoms with Gasteiger partial charge in [-0.1, -0.05) is 0 Å². The maximum absolute atomic E-state index is 6.65. The number of nitrogens with one attached hydrogen (secondary N) is 1. The molecule has 2 atom stereocenters. The van der Waals surface area contributed by atoms with Crippen LogP contribution in [0, 0.1) is 0 Å². The zero-order valence-electron chi connectivity index (χ0n) is 27.2. The average molecular weight is 629 g/mol. The molecule has 0 amide bonds. The number of benzene rings is 2. The maximum atomic E-state index is 6.65. The van der Waals surface area contributed by atoms with Crippen LogP contribution in [0.25, 0.3) is 54.9 Å². The Kier molecular flexibility index (Phi) is 7.82. The van der Waals surface area contributed by atoms with Crippen molar-refractivity contribution in [3.05, 3.63) is 73.8 Å². The number of hydrogen-bond donors (Lipinski definition) is 1. The quantitative estimate of drug-likeness (QED) is 0.235. The van der Waals surface area contributed by atoms with Gasteiger partial charge in [-0.25, -0.2) is 0 Å². The van der Waals surface area contributed by atoms with Crippen molar-refractivity contribution in [2.45, 2.75) is 37.9 Å². The molecular weight excluding hydrogens is 588 g/mol. The number of fused-ring (bicyclic) bond motifs is 2. The molecule has 2 fully saturated rings. The second-order valence-corrected chi connectivity index (χ2v) is 13.0. The molecule has 2 unspecified atom stereocenters. The molecule has 6 aromatic rings. The van der Waals surface area contributed by atoms with Crippen LogP contribution >= 0.6 is 0 Å². The molecule has 8 rings (SSSR count). The van der Waals surface area contributed by atoms with Crippen LogP contribution in [-0.4, -0.2) is 79.9 Å². The van der Waals surface area contributed by atoms with Gasteiger partial charge in [0, 0.05) is 84.6 Å². The first kappa shape index (κ1) is 29.6. The summed E-state index contributed by atoms with van der Waals surface area (Å²) in [6.45, 7) is 3.87. The number of nitrogens with zero attached hydrogens (tertiary/aromatic N) is 7. The lowest BCUT2D eigenvalue weighted by Gasteiger charge is -2.30. The van der Waals surface area contributed by atoms with Crippen LogP contribution < -0.4 is 14.8 Å². The maximum Gasteiger partial charge on any atom is 0.145 e. The molecule has 0 spiro atoms. The van der Waals surface area contributed by atoms with Gasteiger partial charge >= 0.3 is 0 Å². The number of likely N-dealkylation sites (tertiary alicyclic amines) is 1. The third kappa shape index (κ3) is 5.94. The van der Waals surface area contributed by atoms with Crippen molar-refractivity contribution in [1.82, 2.24) is 39.7 Å². The number of likely N-dealkylation sites (N-methyl/N-ethyl adjacent to an activating group) is 1. The summed E-state index contributed by atoms with van der Waals surface area (Å²) in [4.78, 5) is 11.7. The van der Waals surface area contributed by atoms with Crippen LogP contribution in [0.15, 0.2) is 73.8 Å². The minimum absolute atomic E-state index is 0.0988. The standard InChI is InChI=1S/C37H40N8O2/c1-43-9-5-7-29(23-43)47-36-19-39-14-25-12-32(30(13-31(25)36)27-16-42-45(3)22-27)33-10-24(26-15-41-44(2)21-26)11-34-35(33)18-40-20-37(34)46-28-6-4-8-38-17-28/h10-16,18-22,28-29,38H,4-9,17,23H2,1-3H3. The number of aryl methyl sites for hydroxylation is 2. The van der Waals surface area contributed by atoms with Crippen LogP contribution in [0.5, 0.6) is 11.5 Å². The molecule has 0 aliphatic carbocycles. The van der Waals surface area contributed by atoms with Crippen molar-refractivity contribution in [2.75, 3.05) is 33.2 Å². The van der Waals surface area contributed by atoms with Gasteiger partial charge in [0.05, 0.1) is 24.8 Å². The van der Waals surface area contributed by atoms with Gasteiger partial charge in [-0.15, -0.1) is 0 Å². The van der Waals surface area contributed by atoms with Crippen molar-refractivity contribution < 1.29 is 9.47 Å². The lowest BCUT2D eigenvalue weighted by atomic mass is 9.88. The molecule has 10 heteroatoms. The molecule has 2 saturated heterocycles. The molecule has 2 aromatic carbocycles. The highest BCUT2D eigenvalue weighted by molar-refractivity contribution is 6.07. The van der Waals surface area contributed by atoms with E-state index in [1.54, 1.807) is 0 Å². The number of ether oxygens (including phenoxy) is 2. The smallest absolute Gasteiger partial charge is 0.145 e. The van der Waals surface area contributed by atoms with Gasteiger partial charge in [-0.2, -0.15) is 10.2 Å². The van der Waals surface area contributed by atoms with E-state index in [9.17, 15) is 0 Å². The molecule has 4 aromatic heterocycles. The van der Waals surface area contributed by atoms with Crippen molar-refractivity contribution >= 4 is 21.5 Å². The SMILES string of the molecule is CN1CCCC(Oc2cncc3cc(-c4cc(-c5cnn(C)c5)cc5c(OC6CCCNC6)cncc45)c(-c4cnn(C)c4)cc23)C1. The second kappa shape index (κ2) is 12.4. The Morgan fingerprint density at radius 1 is 0.660 bits per heavy atom. The topological polar surface area (TPSA) is 95.2 Å². The van der Waals surface area contributed by atoms with Crippen molar-refractivity contribution in [1.29, 1.82) is 0 Å². The van der Waals surface area contributed by atoms with E-state index in [-0.39, 0.29) is 12.2 Å². The summed E-state index contributed by atoms with van der Waals surface area (Å²) in [6, 6.07) is 8.95. The molecule has 47 heavy (non-hydrogen) atoms. The predicted molar refractivity (Wildman–Crippen MR) is 185 cm³/mol. The molecule has 0 bridgehead atoms. The Morgan fingerprint density at radius 3 is 2.15 bits per heavy atom. The third-order valence-electron chi connectivity index (χ3n) is 9.47. The van der Waals surface area contributed by atoms with Gasteiger partial charge in [0.2, 0.25) is 0 Å². The highest BCUT2D eigenvalue weighted by Crippen LogP contribution is 2.44. The summed E-state index contributed by atoms with van der Waals surface area (Å²) in [5.41, 5.74) is 6.31. The normalized spacial score (nSPS) is 19.0. The largest absolute Gasteiger partial charge is 0.487 e. The Labute approximate surface area is 274 Å². The van der Waals surface area contributed by atoms with E-state index in [1.807, 2.05) is 60.6 Å². The van der Waals surface area contributed by atoms with Crippen LogP contribution in [0.2, 0.25) is 0 Å². The van der Waals surface area contributed by atoms with Gasteiger partial charge in [0.1, 0.15) is 23.7 Å². The lowest BCUT2D eigenvalue weighted by Crippen LogP contribution is -2.38. The predicted octanol–water partition coefficient (Wildman–Crippen LogP) is 5.85. The van der Waals surface area contributed by atoms with Crippen molar-refractivity contribution in [3.8, 4) is 44.9 Å². The highest BCUT2D eigenvalue weighted by Gasteiger charge is 2.23. The van der Waals surface area contributed by atoms with E-state index in [2.05, 4.69) is 69.1 Å². The summed E-state index contributed by atoms with van der Waals surface area (Å²) < 4.78 is 17.0. The number of piperidine rings is 2. The van der Waals surface area contributed by atoms with Crippen LogP contribution in [0.4, 0.5) is 0 Å². The first-order valence-corrected chi connectivity index (χ1v) is 16.5. The average Bonchev–Trinajstić information content (AvgIpc) is 3.72. The fourth-order valence-electron chi connectivity index (χ4n) is 7.10. The van der Waals surface area contributed by atoms with E-state index in [1.165, 1.54) is 0 Å². The van der Waals surface area contributed by atoms with E-state index in [4.69, 9.17) is 14.5 Å². The van der Waals surface area contributed by atoms with E-state index in [0.717, 1.165) is 118 Å². The zero-order chi connectivity index (χ0) is 31.9. The molecule has 10 nitrogen and oxygen atoms in total. The van der Waals surface area contributed by atoms with Crippen LogP contribution in [0.3, 0.4) is 0 Å². The molecule has 0 radical (unpaired) electrons. The van der Waals surface area contributed by atoms with Gasteiger partial charge in [-0.3, -0.25) is 19.3 Å². The molecule has 6 heterocycles. The zero-order valence-corrected chi connectivity index (χ0v) is 27.2. The Balaban J connectivity index is 1.34. The summed E-state index contributed by atoms with van der Waals surface area (Å²) in [5.74, 6) is 1.61. The Hall–Kier alpha value is -4.80. The third-order valence-corrected chi connectivity index (χ3v) is 9.47. The molecule has 0 saturated carbocycles. The summed E-state index contributed by atoms with van der Waals surface area (Å²) in [5, 5.41) is 16.6. The fraction of sp³-hybridized carbons (Fsp3) is 0.351. The number of pyridine rings is 2. The monoisotopic (exact) mass is 628 g/mol. The Bertz CT molecular complexity index is 2060. The first-order chi connectivity index (χ1) is 23.0. The Morgan fingerprint density at radius 2 is 1.40 bits per heavy atom. The first-order valence-electron chi connectivity index (χ1n) is 16.5. The van der Waals surface area contributed by atoms with E-state index in [0.29, 0.717) is 0 Å². The van der Waals surface area contributed by atoms with Gasteiger partial charge in [0.25, 0.3) is 0 Å². The molecule has 1 N–H and O–H groups in total. The minimum Gasteiger partial charge on any atom is -0.487 e. The van der Waals surface area contributed by atoms with E-state index >= 15 is 0 Å². The highest BCUT2D eigenvalue weighted by atomic mass is 16.5. The summed E-state index contributed by atoms with van der Waals surface area (Å²) in [7, 11) is 6.06. The van der Waals surface area contributed by atoms with Gasteiger partial charge in [0.15, 0.2) is 0 Å². The molecule has 2 aliphatic rings. The number of rotatable bonds is 7. The van der Waals surface area contributed by atoms with Crippen LogP contribution in [0.1, 0.15) is 25.7 Å². The van der Waals surface area contributed by atoms with Crippen molar-refractivity contribution in [3.63, 3.8) is 0 Å². The number of aromatic nitrogens is 6. The molecule has 2 aliphatic heterocycles. The van der Waals surface area contributed by atoms with Gasteiger partial charge in [-0.05, 0) is 92.3 Å². The van der Waals surface area contributed by atoms with Crippen LogP contribution in [-0.2, 0) is 14.1 Å². The summed E-state index contributed by atoms with van der Waals surface area (Å²) in [6.07, 6.45) is 20.1. The number of hydrogen-bond acceptors (Lipinski definition) is 8. The minimum atomic E-state index is 0.0988. The van der Waals surface area contributed by atoms with E-state index < -0.39 is 0 Å². The molecular formula is C37H40N8O2. The summed E-state index contributed by atoms with van der Waals surface area (Å²) >= 11 is 0. The molecule has 240 valence electrons. The van der Waals surface area contributed by atoms with Crippen molar-refractivity contribution in [2.24, 2.45) is 14.1 Å². The lowest BCUT2D eigenvalue weighted by molar-refractivity contribution is 0.105. The second-order valence-electron chi connectivity index (χ2n) is 13.0.